The maximum atomic E-state index is 11.7. The molecule has 5 heteroatoms. The van der Waals surface area contributed by atoms with Crippen LogP contribution in [-0.2, 0) is 4.79 Å². The molecule has 0 spiro atoms. The standard InChI is InChI=1S/C14H13BrN2O2/c1-10-2-5-12(6-3-10)19-9-14(18)17-11-4-7-13(15)16-8-11/h2-8H,9H2,1H3,(H,17,18). The van der Waals surface area contributed by atoms with E-state index in [2.05, 4.69) is 26.2 Å². The van der Waals surface area contributed by atoms with Gasteiger partial charge < -0.3 is 10.1 Å². The van der Waals surface area contributed by atoms with Crippen molar-refractivity contribution in [3.8, 4) is 5.75 Å². The van der Waals surface area contributed by atoms with Gasteiger partial charge >= 0.3 is 0 Å². The molecule has 0 atom stereocenters. The predicted molar refractivity (Wildman–Crippen MR) is 77.2 cm³/mol. The maximum Gasteiger partial charge on any atom is 0.262 e. The number of benzene rings is 1. The van der Waals surface area contributed by atoms with Crippen molar-refractivity contribution in [2.75, 3.05) is 11.9 Å². The van der Waals surface area contributed by atoms with Crippen LogP contribution < -0.4 is 10.1 Å². The van der Waals surface area contributed by atoms with Gasteiger partial charge in [0.25, 0.3) is 5.91 Å². The Labute approximate surface area is 119 Å². The Balaban J connectivity index is 1.84. The lowest BCUT2D eigenvalue weighted by molar-refractivity contribution is -0.118. The van der Waals surface area contributed by atoms with Gasteiger partial charge in [-0.05, 0) is 47.1 Å². The molecular weight excluding hydrogens is 308 g/mol. The quantitative estimate of drug-likeness (QED) is 0.880. The van der Waals surface area contributed by atoms with Crippen LogP contribution in [0.3, 0.4) is 0 Å². The second-order valence-electron chi connectivity index (χ2n) is 4.02. The van der Waals surface area contributed by atoms with Crippen molar-refractivity contribution in [2.24, 2.45) is 0 Å². The van der Waals surface area contributed by atoms with Crippen LogP contribution in [0.4, 0.5) is 5.69 Å². The first-order valence-corrected chi connectivity index (χ1v) is 6.53. The third-order valence-electron chi connectivity index (χ3n) is 2.40. The van der Waals surface area contributed by atoms with Gasteiger partial charge in [0.05, 0.1) is 11.9 Å². The van der Waals surface area contributed by atoms with Crippen LogP contribution in [0.1, 0.15) is 5.56 Å². The lowest BCUT2D eigenvalue weighted by Gasteiger charge is -2.07. The molecule has 0 saturated heterocycles. The fourth-order valence-electron chi connectivity index (χ4n) is 1.43. The highest BCUT2D eigenvalue weighted by molar-refractivity contribution is 9.10. The molecule has 0 saturated carbocycles. The number of amides is 1. The zero-order chi connectivity index (χ0) is 13.7. The third kappa shape index (κ3) is 4.37. The van der Waals surface area contributed by atoms with E-state index in [1.165, 1.54) is 0 Å². The van der Waals surface area contributed by atoms with E-state index in [1.54, 1.807) is 18.3 Å². The number of hydrogen-bond acceptors (Lipinski definition) is 3. The predicted octanol–water partition coefficient (Wildman–Crippen LogP) is 3.17. The van der Waals surface area contributed by atoms with Crippen molar-refractivity contribution in [3.63, 3.8) is 0 Å². The molecule has 0 radical (unpaired) electrons. The first-order valence-electron chi connectivity index (χ1n) is 5.74. The highest BCUT2D eigenvalue weighted by atomic mass is 79.9. The van der Waals surface area contributed by atoms with Crippen LogP contribution >= 0.6 is 15.9 Å². The average Bonchev–Trinajstić information content (AvgIpc) is 2.41. The van der Waals surface area contributed by atoms with E-state index in [0.717, 1.165) is 10.2 Å². The summed E-state index contributed by atoms with van der Waals surface area (Å²) in [7, 11) is 0. The van der Waals surface area contributed by atoms with Crippen LogP contribution in [0.5, 0.6) is 5.75 Å². The summed E-state index contributed by atoms with van der Waals surface area (Å²) in [5.74, 6) is 0.458. The molecule has 0 fully saturated rings. The molecule has 19 heavy (non-hydrogen) atoms. The van der Waals surface area contributed by atoms with Crippen LogP contribution in [0, 0.1) is 6.92 Å². The lowest BCUT2D eigenvalue weighted by atomic mass is 10.2. The van der Waals surface area contributed by atoms with Crippen molar-refractivity contribution >= 4 is 27.5 Å². The summed E-state index contributed by atoms with van der Waals surface area (Å²) in [4.78, 5) is 15.7. The highest BCUT2D eigenvalue weighted by Crippen LogP contribution is 2.12. The van der Waals surface area contributed by atoms with Gasteiger partial charge in [-0.3, -0.25) is 4.79 Å². The molecule has 1 aromatic heterocycles. The Morgan fingerprint density at radius 1 is 1.26 bits per heavy atom. The number of anilines is 1. The zero-order valence-electron chi connectivity index (χ0n) is 10.4. The number of carbonyl (C=O) groups is 1. The highest BCUT2D eigenvalue weighted by Gasteiger charge is 2.04. The van der Waals surface area contributed by atoms with Crippen molar-refractivity contribution in [1.29, 1.82) is 0 Å². The van der Waals surface area contributed by atoms with E-state index in [4.69, 9.17) is 4.74 Å². The van der Waals surface area contributed by atoms with E-state index in [-0.39, 0.29) is 12.5 Å². The molecule has 0 bridgehead atoms. The molecule has 2 aromatic rings. The van der Waals surface area contributed by atoms with E-state index in [1.807, 2.05) is 31.2 Å². The molecule has 2 rings (SSSR count). The Morgan fingerprint density at radius 3 is 2.63 bits per heavy atom. The minimum atomic E-state index is -0.218. The Hall–Kier alpha value is -1.88. The van der Waals surface area contributed by atoms with Gasteiger partial charge in [0.15, 0.2) is 6.61 Å². The zero-order valence-corrected chi connectivity index (χ0v) is 12.0. The smallest absolute Gasteiger partial charge is 0.262 e. The number of nitrogens with zero attached hydrogens (tertiary/aromatic N) is 1. The summed E-state index contributed by atoms with van der Waals surface area (Å²) < 4.78 is 6.10. The van der Waals surface area contributed by atoms with Crippen LogP contribution in [0.25, 0.3) is 0 Å². The molecule has 4 nitrogen and oxygen atoms in total. The Bertz CT molecular complexity index is 553. The normalized spacial score (nSPS) is 10.0. The van der Waals surface area contributed by atoms with Crippen LogP contribution in [0.2, 0.25) is 0 Å². The number of halogens is 1. The summed E-state index contributed by atoms with van der Waals surface area (Å²) in [5, 5.41) is 2.70. The number of aryl methyl sites for hydroxylation is 1. The number of aromatic nitrogens is 1. The van der Waals surface area contributed by atoms with E-state index < -0.39 is 0 Å². The van der Waals surface area contributed by atoms with Gasteiger partial charge in [0.1, 0.15) is 10.4 Å². The third-order valence-corrected chi connectivity index (χ3v) is 2.87. The lowest BCUT2D eigenvalue weighted by Crippen LogP contribution is -2.20. The summed E-state index contributed by atoms with van der Waals surface area (Å²) >= 11 is 3.23. The average molecular weight is 321 g/mol. The van der Waals surface area contributed by atoms with E-state index in [0.29, 0.717) is 11.4 Å². The topological polar surface area (TPSA) is 51.2 Å². The van der Waals surface area contributed by atoms with E-state index in [9.17, 15) is 4.79 Å². The molecule has 0 aliphatic heterocycles. The number of pyridine rings is 1. The minimum absolute atomic E-state index is 0.0286. The fourth-order valence-corrected chi connectivity index (χ4v) is 1.66. The largest absolute Gasteiger partial charge is 0.484 e. The van der Waals surface area contributed by atoms with Gasteiger partial charge in [-0.15, -0.1) is 0 Å². The van der Waals surface area contributed by atoms with Crippen LogP contribution in [0.15, 0.2) is 47.2 Å². The van der Waals surface area contributed by atoms with E-state index >= 15 is 0 Å². The van der Waals surface area contributed by atoms with Crippen molar-refractivity contribution in [3.05, 3.63) is 52.8 Å². The van der Waals surface area contributed by atoms with Crippen molar-refractivity contribution < 1.29 is 9.53 Å². The second-order valence-corrected chi connectivity index (χ2v) is 4.83. The van der Waals surface area contributed by atoms with Gasteiger partial charge in [-0.25, -0.2) is 4.98 Å². The maximum absolute atomic E-state index is 11.7. The number of ether oxygens (including phenoxy) is 1. The first-order chi connectivity index (χ1) is 9.13. The summed E-state index contributed by atoms with van der Waals surface area (Å²) in [6.45, 7) is 1.97. The molecule has 1 N–H and O–H groups in total. The van der Waals surface area contributed by atoms with Gasteiger partial charge in [0.2, 0.25) is 0 Å². The number of nitrogens with one attached hydrogen (secondary N) is 1. The summed E-state index contributed by atoms with van der Waals surface area (Å²) in [6, 6.07) is 11.1. The van der Waals surface area contributed by atoms with Crippen LogP contribution in [-0.4, -0.2) is 17.5 Å². The second kappa shape index (κ2) is 6.33. The van der Waals surface area contributed by atoms with Crippen molar-refractivity contribution in [1.82, 2.24) is 4.98 Å². The van der Waals surface area contributed by atoms with Gasteiger partial charge in [-0.2, -0.15) is 0 Å². The molecule has 0 aliphatic carbocycles. The van der Waals surface area contributed by atoms with Crippen molar-refractivity contribution in [2.45, 2.75) is 6.92 Å². The monoisotopic (exact) mass is 320 g/mol. The number of hydrogen-bond donors (Lipinski definition) is 1. The molecule has 1 amide bonds. The SMILES string of the molecule is Cc1ccc(OCC(=O)Nc2ccc(Br)nc2)cc1. The molecule has 0 aliphatic rings. The molecule has 0 unspecified atom stereocenters. The fraction of sp³-hybridized carbons (Fsp3) is 0.143. The molecule has 1 heterocycles. The molecular formula is C14H13BrN2O2. The minimum Gasteiger partial charge on any atom is -0.484 e. The summed E-state index contributed by atoms with van der Waals surface area (Å²) in [5.41, 5.74) is 1.79. The number of rotatable bonds is 4. The number of carbonyl (C=O) groups excluding carboxylic acids is 1. The van der Waals surface area contributed by atoms with Gasteiger partial charge in [0, 0.05) is 0 Å². The van der Waals surface area contributed by atoms with Gasteiger partial charge in [-0.1, -0.05) is 17.7 Å². The molecule has 98 valence electrons. The first kappa shape index (κ1) is 13.5. The Kier molecular flexibility index (Phi) is 4.52. The molecule has 1 aromatic carbocycles. The summed E-state index contributed by atoms with van der Waals surface area (Å²) in [6.07, 6.45) is 1.58. The Morgan fingerprint density at radius 2 is 2.00 bits per heavy atom.